The Morgan fingerprint density at radius 2 is 1.65 bits per heavy atom. The summed E-state index contributed by atoms with van der Waals surface area (Å²) >= 11 is 0. The van der Waals surface area contributed by atoms with Crippen molar-refractivity contribution in [1.82, 2.24) is 10.2 Å². The van der Waals surface area contributed by atoms with E-state index in [-0.39, 0.29) is 11.8 Å². The minimum absolute atomic E-state index is 0.0135. The molecule has 2 amide bonds. The lowest BCUT2D eigenvalue weighted by Gasteiger charge is -2.31. The second kappa shape index (κ2) is 9.76. The molecule has 1 N–H and O–H groups in total. The third kappa shape index (κ3) is 5.19. The summed E-state index contributed by atoms with van der Waals surface area (Å²) in [6.45, 7) is 6.74. The molecule has 4 heteroatoms. The van der Waals surface area contributed by atoms with Gasteiger partial charge in [-0.15, -0.1) is 0 Å². The highest BCUT2D eigenvalue weighted by Crippen LogP contribution is 2.17. The Kier molecular flexibility index (Phi) is 7.39. The van der Waals surface area contributed by atoms with E-state index in [2.05, 4.69) is 5.32 Å². The molecule has 26 heavy (non-hydrogen) atoms. The molecule has 1 unspecified atom stereocenters. The van der Waals surface area contributed by atoms with E-state index in [1.807, 2.05) is 75.4 Å². The Labute approximate surface area is 156 Å². The summed E-state index contributed by atoms with van der Waals surface area (Å²) in [5.74, 6) is -0.118. The summed E-state index contributed by atoms with van der Waals surface area (Å²) in [6.07, 6.45) is 0.876. The number of carbonyl (C=O) groups excluding carboxylic acids is 2. The molecular weight excluding hydrogens is 324 g/mol. The highest BCUT2D eigenvalue weighted by molar-refractivity contribution is 5.87. The van der Waals surface area contributed by atoms with Crippen LogP contribution in [0.2, 0.25) is 0 Å². The molecule has 0 bridgehead atoms. The van der Waals surface area contributed by atoms with Crippen molar-refractivity contribution in [2.45, 2.75) is 46.2 Å². The molecule has 0 saturated heterocycles. The zero-order valence-corrected chi connectivity index (χ0v) is 15.9. The molecule has 138 valence electrons. The largest absolute Gasteiger partial charge is 0.355 e. The van der Waals surface area contributed by atoms with Crippen molar-refractivity contribution >= 4 is 11.8 Å². The van der Waals surface area contributed by atoms with Crippen LogP contribution in [0.5, 0.6) is 0 Å². The summed E-state index contributed by atoms with van der Waals surface area (Å²) in [6, 6.07) is 17.3. The SMILES string of the molecule is CCNC(=O)C(Cc1ccccc1)N(Cc1ccccc1C)C(=O)CC. The van der Waals surface area contributed by atoms with E-state index in [0.717, 1.165) is 16.7 Å². The summed E-state index contributed by atoms with van der Waals surface area (Å²) in [4.78, 5) is 27.2. The molecule has 0 aliphatic rings. The number of rotatable bonds is 8. The predicted molar refractivity (Wildman–Crippen MR) is 105 cm³/mol. The van der Waals surface area contributed by atoms with E-state index in [4.69, 9.17) is 0 Å². The van der Waals surface area contributed by atoms with Crippen LogP contribution in [0.15, 0.2) is 54.6 Å². The van der Waals surface area contributed by atoms with Gasteiger partial charge in [0.15, 0.2) is 0 Å². The monoisotopic (exact) mass is 352 g/mol. The Balaban J connectivity index is 2.35. The maximum Gasteiger partial charge on any atom is 0.243 e. The van der Waals surface area contributed by atoms with Crippen LogP contribution in [-0.2, 0) is 22.6 Å². The maximum atomic E-state index is 12.8. The summed E-state index contributed by atoms with van der Waals surface area (Å²) in [5.41, 5.74) is 3.23. The zero-order valence-electron chi connectivity index (χ0n) is 15.9. The standard InChI is InChI=1S/C22H28N2O2/c1-4-21(25)24(16-19-14-10-9-11-17(19)3)20(22(26)23-5-2)15-18-12-7-6-8-13-18/h6-14,20H,4-5,15-16H2,1-3H3,(H,23,26). The fraction of sp³-hybridized carbons (Fsp3) is 0.364. The molecule has 0 heterocycles. The summed E-state index contributed by atoms with van der Waals surface area (Å²) < 4.78 is 0. The van der Waals surface area contributed by atoms with E-state index in [1.54, 1.807) is 4.90 Å². The molecule has 4 nitrogen and oxygen atoms in total. The van der Waals surface area contributed by atoms with Crippen molar-refractivity contribution in [3.05, 3.63) is 71.3 Å². The highest BCUT2D eigenvalue weighted by Gasteiger charge is 2.29. The highest BCUT2D eigenvalue weighted by atomic mass is 16.2. The summed E-state index contributed by atoms with van der Waals surface area (Å²) in [7, 11) is 0. The molecular formula is C22H28N2O2. The first kappa shape index (κ1) is 19.7. The van der Waals surface area contributed by atoms with Gasteiger partial charge < -0.3 is 10.2 Å². The van der Waals surface area contributed by atoms with Crippen LogP contribution >= 0.6 is 0 Å². The fourth-order valence-corrected chi connectivity index (χ4v) is 3.02. The lowest BCUT2D eigenvalue weighted by atomic mass is 10.0. The minimum atomic E-state index is -0.524. The van der Waals surface area contributed by atoms with Crippen LogP contribution in [0.4, 0.5) is 0 Å². The molecule has 1 atom stereocenters. The summed E-state index contributed by atoms with van der Waals surface area (Å²) in [5, 5.41) is 2.89. The van der Waals surface area contributed by atoms with Gasteiger partial charge in [-0.25, -0.2) is 0 Å². The van der Waals surface area contributed by atoms with Crippen molar-refractivity contribution in [2.75, 3.05) is 6.54 Å². The van der Waals surface area contributed by atoms with Crippen LogP contribution in [0, 0.1) is 6.92 Å². The lowest BCUT2D eigenvalue weighted by Crippen LogP contribution is -2.50. The van der Waals surface area contributed by atoms with Gasteiger partial charge in [0.05, 0.1) is 0 Å². The van der Waals surface area contributed by atoms with E-state index >= 15 is 0 Å². The molecule has 0 saturated carbocycles. The van der Waals surface area contributed by atoms with Gasteiger partial charge in [0.2, 0.25) is 11.8 Å². The predicted octanol–water partition coefficient (Wildman–Crippen LogP) is 3.48. The van der Waals surface area contributed by atoms with E-state index in [1.165, 1.54) is 0 Å². The van der Waals surface area contributed by atoms with Crippen molar-refractivity contribution in [1.29, 1.82) is 0 Å². The van der Waals surface area contributed by atoms with Crippen molar-refractivity contribution in [2.24, 2.45) is 0 Å². The number of hydrogen-bond donors (Lipinski definition) is 1. The Morgan fingerprint density at radius 1 is 1.00 bits per heavy atom. The number of carbonyl (C=O) groups is 2. The molecule has 2 rings (SSSR count). The number of nitrogens with zero attached hydrogens (tertiary/aromatic N) is 1. The molecule has 0 radical (unpaired) electrons. The molecule has 0 aliphatic carbocycles. The molecule has 0 fully saturated rings. The number of hydrogen-bond acceptors (Lipinski definition) is 2. The van der Waals surface area contributed by atoms with Crippen molar-refractivity contribution in [3.63, 3.8) is 0 Å². The maximum absolute atomic E-state index is 12.8. The normalized spacial score (nSPS) is 11.7. The Bertz CT molecular complexity index is 728. The van der Waals surface area contributed by atoms with Gasteiger partial charge in [0, 0.05) is 25.9 Å². The van der Waals surface area contributed by atoms with E-state index in [0.29, 0.717) is 25.9 Å². The Hall–Kier alpha value is -2.62. The molecule has 2 aromatic carbocycles. The second-order valence-corrected chi connectivity index (χ2v) is 6.40. The van der Waals surface area contributed by atoms with Crippen LogP contribution in [0.25, 0.3) is 0 Å². The van der Waals surface area contributed by atoms with Gasteiger partial charge in [-0.1, -0.05) is 61.5 Å². The first-order valence-corrected chi connectivity index (χ1v) is 9.22. The van der Waals surface area contributed by atoms with Gasteiger partial charge >= 0.3 is 0 Å². The molecule has 0 aliphatic heterocycles. The quantitative estimate of drug-likeness (QED) is 0.791. The zero-order chi connectivity index (χ0) is 18.9. The van der Waals surface area contributed by atoms with Crippen LogP contribution in [0.3, 0.4) is 0 Å². The van der Waals surface area contributed by atoms with Gasteiger partial charge in [-0.2, -0.15) is 0 Å². The van der Waals surface area contributed by atoms with Crippen LogP contribution < -0.4 is 5.32 Å². The van der Waals surface area contributed by atoms with Crippen LogP contribution in [0.1, 0.15) is 37.0 Å². The molecule has 0 spiro atoms. The molecule has 0 aromatic heterocycles. The topological polar surface area (TPSA) is 49.4 Å². The smallest absolute Gasteiger partial charge is 0.243 e. The number of nitrogens with one attached hydrogen (secondary N) is 1. The van der Waals surface area contributed by atoms with Crippen LogP contribution in [-0.4, -0.2) is 29.3 Å². The Morgan fingerprint density at radius 3 is 2.27 bits per heavy atom. The van der Waals surface area contributed by atoms with Gasteiger partial charge in [-0.05, 0) is 30.5 Å². The van der Waals surface area contributed by atoms with Crippen molar-refractivity contribution < 1.29 is 9.59 Å². The number of benzene rings is 2. The lowest BCUT2D eigenvalue weighted by molar-refractivity contribution is -0.141. The van der Waals surface area contributed by atoms with Crippen molar-refractivity contribution in [3.8, 4) is 0 Å². The second-order valence-electron chi connectivity index (χ2n) is 6.40. The number of likely N-dealkylation sites (N-methyl/N-ethyl adjacent to an activating group) is 1. The van der Waals surface area contributed by atoms with E-state index in [9.17, 15) is 9.59 Å². The molecule has 2 aromatic rings. The third-order valence-electron chi connectivity index (χ3n) is 4.53. The number of aryl methyl sites for hydroxylation is 1. The average Bonchev–Trinajstić information content (AvgIpc) is 2.66. The third-order valence-corrected chi connectivity index (χ3v) is 4.53. The average molecular weight is 352 g/mol. The van der Waals surface area contributed by atoms with Gasteiger partial charge in [-0.3, -0.25) is 9.59 Å². The number of amides is 2. The first-order chi connectivity index (χ1) is 12.6. The van der Waals surface area contributed by atoms with Gasteiger partial charge in [0.25, 0.3) is 0 Å². The first-order valence-electron chi connectivity index (χ1n) is 9.22. The minimum Gasteiger partial charge on any atom is -0.355 e. The van der Waals surface area contributed by atoms with Gasteiger partial charge in [0.1, 0.15) is 6.04 Å². The van der Waals surface area contributed by atoms with E-state index < -0.39 is 6.04 Å². The fourth-order valence-electron chi connectivity index (χ4n) is 3.02.